The van der Waals surface area contributed by atoms with Gasteiger partial charge >= 0.3 is 12.0 Å². The van der Waals surface area contributed by atoms with Crippen LogP contribution in [-0.2, 0) is 4.79 Å². The summed E-state index contributed by atoms with van der Waals surface area (Å²) in [4.78, 5) is 24.4. The van der Waals surface area contributed by atoms with Crippen LogP contribution in [0.5, 0.6) is 0 Å². The first-order chi connectivity index (χ1) is 8.99. The second kappa shape index (κ2) is 7.99. The molecule has 0 bridgehead atoms. The maximum Gasteiger partial charge on any atom is 0.314 e. The minimum absolute atomic E-state index is 0.203. The van der Waals surface area contributed by atoms with E-state index in [1.54, 1.807) is 6.92 Å². The van der Waals surface area contributed by atoms with E-state index in [1.165, 1.54) is 6.42 Å². The quantitative estimate of drug-likeness (QED) is 0.665. The van der Waals surface area contributed by atoms with Gasteiger partial charge in [-0.2, -0.15) is 0 Å². The highest BCUT2D eigenvalue weighted by atomic mass is 16.4. The summed E-state index contributed by atoms with van der Waals surface area (Å²) in [6, 6.07) is -0.203. The monoisotopic (exact) mass is 271 g/mol. The summed E-state index contributed by atoms with van der Waals surface area (Å²) in [7, 11) is 2.10. The van der Waals surface area contributed by atoms with Gasteiger partial charge in [0.1, 0.15) is 0 Å². The molecule has 2 unspecified atom stereocenters. The molecule has 3 N–H and O–H groups in total. The van der Waals surface area contributed by atoms with Gasteiger partial charge in [-0.3, -0.25) is 4.79 Å². The molecule has 1 rings (SSSR count). The van der Waals surface area contributed by atoms with Crippen LogP contribution in [0.1, 0.15) is 26.2 Å². The molecule has 6 nitrogen and oxygen atoms in total. The van der Waals surface area contributed by atoms with Crippen molar-refractivity contribution in [3.63, 3.8) is 0 Å². The van der Waals surface area contributed by atoms with E-state index in [0.29, 0.717) is 25.4 Å². The standard InChI is InChI=1S/C13H25N3O3/c1-10(12(17)18)5-6-14-13(19)15-8-11-4-3-7-16(2)9-11/h10-11H,3-9H2,1-2H3,(H,17,18)(H2,14,15,19). The number of nitrogens with zero attached hydrogens (tertiary/aromatic N) is 1. The zero-order valence-corrected chi connectivity index (χ0v) is 11.8. The van der Waals surface area contributed by atoms with Gasteiger partial charge in [0.25, 0.3) is 0 Å². The molecule has 1 saturated heterocycles. The number of hydrogen-bond acceptors (Lipinski definition) is 3. The average molecular weight is 271 g/mol. The maximum atomic E-state index is 11.5. The third-order valence-electron chi connectivity index (χ3n) is 3.56. The Morgan fingerprint density at radius 1 is 1.42 bits per heavy atom. The van der Waals surface area contributed by atoms with Crippen LogP contribution in [0.2, 0.25) is 0 Å². The third-order valence-corrected chi connectivity index (χ3v) is 3.56. The van der Waals surface area contributed by atoms with Crippen molar-refractivity contribution in [1.29, 1.82) is 0 Å². The van der Waals surface area contributed by atoms with Gasteiger partial charge in [0, 0.05) is 19.6 Å². The van der Waals surface area contributed by atoms with Crippen molar-refractivity contribution < 1.29 is 14.7 Å². The molecule has 6 heteroatoms. The molecule has 1 heterocycles. The maximum absolute atomic E-state index is 11.5. The molecule has 0 aromatic carbocycles. The Bertz CT molecular complexity index is 310. The molecular formula is C13H25N3O3. The summed E-state index contributed by atoms with van der Waals surface area (Å²) in [5.41, 5.74) is 0. The van der Waals surface area contributed by atoms with Crippen molar-refractivity contribution in [3.8, 4) is 0 Å². The minimum atomic E-state index is -0.826. The summed E-state index contributed by atoms with van der Waals surface area (Å²) in [6.45, 7) is 4.88. The molecule has 0 spiro atoms. The van der Waals surface area contributed by atoms with E-state index in [4.69, 9.17) is 5.11 Å². The van der Waals surface area contributed by atoms with Crippen molar-refractivity contribution in [2.24, 2.45) is 11.8 Å². The van der Waals surface area contributed by atoms with Crippen molar-refractivity contribution >= 4 is 12.0 Å². The fraction of sp³-hybridized carbons (Fsp3) is 0.846. The molecule has 110 valence electrons. The Kier molecular flexibility index (Phi) is 6.62. The van der Waals surface area contributed by atoms with Gasteiger partial charge in [0.2, 0.25) is 0 Å². The molecule has 0 aromatic rings. The Balaban J connectivity index is 2.09. The molecule has 1 aliphatic rings. The second-order valence-corrected chi connectivity index (χ2v) is 5.44. The second-order valence-electron chi connectivity index (χ2n) is 5.44. The Morgan fingerprint density at radius 2 is 2.16 bits per heavy atom. The number of likely N-dealkylation sites (tertiary alicyclic amines) is 1. The van der Waals surface area contributed by atoms with Gasteiger partial charge < -0.3 is 20.6 Å². The van der Waals surface area contributed by atoms with E-state index in [0.717, 1.165) is 19.5 Å². The lowest BCUT2D eigenvalue weighted by atomic mass is 9.99. The first-order valence-corrected chi connectivity index (χ1v) is 6.92. The fourth-order valence-corrected chi connectivity index (χ4v) is 2.27. The number of aliphatic carboxylic acids is 1. The first kappa shape index (κ1) is 15.8. The van der Waals surface area contributed by atoms with Crippen LogP contribution >= 0.6 is 0 Å². The highest BCUT2D eigenvalue weighted by Gasteiger charge is 2.17. The van der Waals surface area contributed by atoms with Crippen molar-refractivity contribution in [2.45, 2.75) is 26.2 Å². The lowest BCUT2D eigenvalue weighted by Crippen LogP contribution is -2.43. The van der Waals surface area contributed by atoms with Crippen LogP contribution in [-0.4, -0.2) is 55.2 Å². The number of carboxylic acid groups (broad SMARTS) is 1. The van der Waals surface area contributed by atoms with Crippen LogP contribution in [0.15, 0.2) is 0 Å². The predicted molar refractivity (Wildman–Crippen MR) is 73.0 cm³/mol. The number of carboxylic acids is 1. The first-order valence-electron chi connectivity index (χ1n) is 6.92. The number of rotatable bonds is 6. The Hall–Kier alpha value is -1.30. The Morgan fingerprint density at radius 3 is 2.79 bits per heavy atom. The van der Waals surface area contributed by atoms with E-state index < -0.39 is 11.9 Å². The molecular weight excluding hydrogens is 246 g/mol. The zero-order valence-electron chi connectivity index (χ0n) is 11.8. The summed E-state index contributed by atoms with van der Waals surface area (Å²) in [5.74, 6) is -0.734. The van der Waals surface area contributed by atoms with E-state index in [-0.39, 0.29) is 6.03 Å². The summed E-state index contributed by atoms with van der Waals surface area (Å²) in [6.07, 6.45) is 2.79. The van der Waals surface area contributed by atoms with Gasteiger partial charge in [0.05, 0.1) is 5.92 Å². The van der Waals surface area contributed by atoms with Gasteiger partial charge in [-0.25, -0.2) is 4.79 Å². The van der Waals surface area contributed by atoms with Crippen molar-refractivity contribution in [1.82, 2.24) is 15.5 Å². The van der Waals surface area contributed by atoms with E-state index in [1.807, 2.05) is 0 Å². The summed E-state index contributed by atoms with van der Waals surface area (Å²) < 4.78 is 0. The topological polar surface area (TPSA) is 81.7 Å². The highest BCUT2D eigenvalue weighted by molar-refractivity contribution is 5.74. The zero-order chi connectivity index (χ0) is 14.3. The predicted octanol–water partition coefficient (Wildman–Crippen LogP) is 0.738. The number of urea groups is 1. The number of amides is 2. The molecule has 0 saturated carbocycles. The molecule has 0 aliphatic carbocycles. The smallest absolute Gasteiger partial charge is 0.314 e. The minimum Gasteiger partial charge on any atom is -0.481 e. The summed E-state index contributed by atoms with van der Waals surface area (Å²) in [5, 5.41) is 14.3. The van der Waals surface area contributed by atoms with Gasteiger partial charge in [-0.15, -0.1) is 0 Å². The molecule has 1 aliphatic heterocycles. The molecule has 0 aromatic heterocycles. The van der Waals surface area contributed by atoms with E-state index >= 15 is 0 Å². The third kappa shape index (κ3) is 6.42. The molecule has 1 fully saturated rings. The molecule has 0 radical (unpaired) electrons. The van der Waals surface area contributed by atoms with Gasteiger partial charge in [0.15, 0.2) is 0 Å². The van der Waals surface area contributed by atoms with E-state index in [2.05, 4.69) is 22.6 Å². The van der Waals surface area contributed by atoms with Crippen LogP contribution in [0.3, 0.4) is 0 Å². The average Bonchev–Trinajstić information content (AvgIpc) is 2.36. The van der Waals surface area contributed by atoms with Gasteiger partial charge in [-0.05, 0) is 38.8 Å². The van der Waals surface area contributed by atoms with Crippen LogP contribution in [0.25, 0.3) is 0 Å². The normalized spacial score (nSPS) is 21.7. The van der Waals surface area contributed by atoms with Gasteiger partial charge in [-0.1, -0.05) is 6.92 Å². The molecule has 2 atom stereocenters. The number of hydrogen-bond donors (Lipinski definition) is 3. The van der Waals surface area contributed by atoms with E-state index in [9.17, 15) is 9.59 Å². The number of carbonyl (C=O) groups excluding carboxylic acids is 1. The van der Waals surface area contributed by atoms with Crippen LogP contribution < -0.4 is 10.6 Å². The summed E-state index contributed by atoms with van der Waals surface area (Å²) >= 11 is 0. The molecule has 2 amide bonds. The Labute approximate surface area is 114 Å². The van der Waals surface area contributed by atoms with Crippen molar-refractivity contribution in [2.75, 3.05) is 33.2 Å². The van der Waals surface area contributed by atoms with Crippen molar-refractivity contribution in [3.05, 3.63) is 0 Å². The molecule has 19 heavy (non-hydrogen) atoms. The van der Waals surface area contributed by atoms with Crippen LogP contribution in [0, 0.1) is 11.8 Å². The number of piperidine rings is 1. The highest BCUT2D eigenvalue weighted by Crippen LogP contribution is 2.13. The SMILES string of the molecule is CC(CCNC(=O)NCC1CCCN(C)C1)C(=O)O. The lowest BCUT2D eigenvalue weighted by Gasteiger charge is -2.29. The fourth-order valence-electron chi connectivity index (χ4n) is 2.27. The number of carbonyl (C=O) groups is 2. The van der Waals surface area contributed by atoms with Crippen LogP contribution in [0.4, 0.5) is 4.79 Å². The lowest BCUT2D eigenvalue weighted by molar-refractivity contribution is -0.141. The largest absolute Gasteiger partial charge is 0.481 e. The number of nitrogens with one attached hydrogen (secondary N) is 2.